The monoisotopic (exact) mass is 527 g/mol. The number of piperidine rings is 1. The average Bonchev–Trinajstić information content (AvgIpc) is 2.82. The summed E-state index contributed by atoms with van der Waals surface area (Å²) in [5.41, 5.74) is 0.578. The molecule has 1 saturated heterocycles. The van der Waals surface area contributed by atoms with Crippen LogP contribution in [-0.4, -0.2) is 86.3 Å². The summed E-state index contributed by atoms with van der Waals surface area (Å²) in [7, 11) is 3.25. The molecule has 1 N–H and O–H groups in total. The van der Waals surface area contributed by atoms with Crippen molar-refractivity contribution in [1.82, 2.24) is 15.1 Å². The molecule has 36 heavy (non-hydrogen) atoms. The molecule has 1 aliphatic rings. The molecule has 0 aliphatic carbocycles. The topological polar surface area (TPSA) is 80.3 Å². The Morgan fingerprint density at radius 1 is 1.06 bits per heavy atom. The van der Waals surface area contributed by atoms with Gasteiger partial charge >= 0.3 is 0 Å². The lowest BCUT2D eigenvalue weighted by Gasteiger charge is -2.40. The van der Waals surface area contributed by atoms with E-state index in [1.165, 1.54) is 0 Å². The largest absolute Gasteiger partial charge is 0.493 e. The van der Waals surface area contributed by atoms with Crippen LogP contribution in [0.25, 0.3) is 0 Å². The zero-order chi connectivity index (χ0) is 26.0. The highest BCUT2D eigenvalue weighted by Gasteiger charge is 2.32. The number of ether oxygens (including phenoxy) is 3. The third-order valence-electron chi connectivity index (χ3n) is 6.54. The van der Waals surface area contributed by atoms with Crippen molar-refractivity contribution in [2.75, 3.05) is 40.5 Å². The first kappa shape index (κ1) is 32.0. The molecule has 2 rings (SSSR count). The van der Waals surface area contributed by atoms with Crippen LogP contribution in [0.2, 0.25) is 0 Å². The van der Waals surface area contributed by atoms with E-state index in [1.54, 1.807) is 32.4 Å². The van der Waals surface area contributed by atoms with Gasteiger partial charge in [-0.1, -0.05) is 0 Å². The fourth-order valence-electron chi connectivity index (χ4n) is 4.75. The minimum atomic E-state index is -0.0253. The van der Waals surface area contributed by atoms with Crippen LogP contribution < -0.4 is 14.8 Å². The Morgan fingerprint density at radius 3 is 2.31 bits per heavy atom. The molecular weight excluding hydrogens is 482 g/mol. The molecule has 1 aromatic rings. The van der Waals surface area contributed by atoms with E-state index < -0.39 is 0 Å². The zero-order valence-electron chi connectivity index (χ0n) is 23.0. The van der Waals surface area contributed by atoms with Crippen molar-refractivity contribution < 1.29 is 23.8 Å². The number of amides is 2. The Balaban J connectivity index is 0.00000648. The molecular formula is C27H46ClN3O5. The molecule has 1 fully saturated rings. The minimum absolute atomic E-state index is 0. The SMILES string of the molecule is CCN(C(=O)C[C@@H]1CC[C@@H](N(C(=O)c2ccc(OC)c(OCCCOC)c2)C(C)C)CN1)C(C)C.Cl. The smallest absolute Gasteiger partial charge is 0.254 e. The van der Waals surface area contributed by atoms with Gasteiger partial charge in [0.25, 0.3) is 5.91 Å². The molecule has 0 spiro atoms. The first-order valence-corrected chi connectivity index (χ1v) is 12.9. The molecule has 8 nitrogen and oxygen atoms in total. The predicted octanol–water partition coefficient (Wildman–Crippen LogP) is 4.15. The Labute approximate surface area is 223 Å². The number of methoxy groups -OCH3 is 2. The molecule has 2 atom stereocenters. The van der Waals surface area contributed by atoms with Crippen LogP contribution in [0.3, 0.4) is 0 Å². The van der Waals surface area contributed by atoms with Gasteiger partial charge in [0.15, 0.2) is 11.5 Å². The highest BCUT2D eigenvalue weighted by molar-refractivity contribution is 5.95. The molecule has 2 amide bonds. The van der Waals surface area contributed by atoms with E-state index >= 15 is 0 Å². The number of hydrogen-bond donors (Lipinski definition) is 1. The van der Waals surface area contributed by atoms with Crippen molar-refractivity contribution in [2.24, 2.45) is 0 Å². The molecule has 0 bridgehead atoms. The van der Waals surface area contributed by atoms with Gasteiger partial charge < -0.3 is 29.3 Å². The Kier molecular flexibility index (Phi) is 14.2. The molecule has 0 radical (unpaired) electrons. The summed E-state index contributed by atoms with van der Waals surface area (Å²) in [5.74, 6) is 1.32. The number of nitrogens with zero attached hydrogens (tertiary/aromatic N) is 2. The van der Waals surface area contributed by atoms with Crippen molar-refractivity contribution >= 4 is 24.2 Å². The number of halogens is 1. The molecule has 206 valence electrons. The van der Waals surface area contributed by atoms with Gasteiger partial charge in [0.05, 0.1) is 13.7 Å². The van der Waals surface area contributed by atoms with Gasteiger partial charge in [-0.05, 0) is 65.7 Å². The quantitative estimate of drug-likeness (QED) is 0.388. The zero-order valence-corrected chi connectivity index (χ0v) is 23.9. The standard InChI is InChI=1S/C27H45N3O5.ClH/c1-8-29(19(2)3)26(31)17-22-11-12-23(18-28-22)30(20(4)5)27(32)21-10-13-24(34-7)25(16-21)35-15-9-14-33-6;/h10,13,16,19-20,22-23,28H,8-9,11-12,14-15,17-18H2,1-7H3;1H/t22-,23+;/m0./s1. The lowest BCUT2D eigenvalue weighted by Crippen LogP contribution is -2.54. The minimum Gasteiger partial charge on any atom is -0.493 e. The second-order valence-electron chi connectivity index (χ2n) is 9.68. The maximum absolute atomic E-state index is 13.6. The normalized spacial score (nSPS) is 17.5. The van der Waals surface area contributed by atoms with E-state index in [-0.39, 0.29) is 48.4 Å². The number of rotatable bonds is 13. The molecule has 0 unspecified atom stereocenters. The van der Waals surface area contributed by atoms with Crippen molar-refractivity contribution in [3.63, 3.8) is 0 Å². The van der Waals surface area contributed by atoms with Gasteiger partial charge in [0, 0.05) is 69.4 Å². The molecule has 0 saturated carbocycles. The molecule has 1 heterocycles. The highest BCUT2D eigenvalue weighted by atomic mass is 35.5. The van der Waals surface area contributed by atoms with E-state index in [9.17, 15) is 9.59 Å². The Hall–Kier alpha value is -2.03. The third-order valence-corrected chi connectivity index (χ3v) is 6.54. The van der Waals surface area contributed by atoms with Crippen LogP contribution in [0.5, 0.6) is 11.5 Å². The second kappa shape index (κ2) is 15.9. The summed E-state index contributed by atoms with van der Waals surface area (Å²) < 4.78 is 16.4. The lowest BCUT2D eigenvalue weighted by atomic mass is 9.95. The van der Waals surface area contributed by atoms with E-state index in [4.69, 9.17) is 14.2 Å². The fraction of sp³-hybridized carbons (Fsp3) is 0.704. The van der Waals surface area contributed by atoms with Crippen LogP contribution in [0.15, 0.2) is 18.2 Å². The summed E-state index contributed by atoms with van der Waals surface area (Å²) in [6.45, 7) is 12.7. The van der Waals surface area contributed by atoms with Gasteiger partial charge in [0.1, 0.15) is 0 Å². The number of hydrogen-bond acceptors (Lipinski definition) is 6. The van der Waals surface area contributed by atoms with E-state index in [0.29, 0.717) is 43.2 Å². The van der Waals surface area contributed by atoms with Crippen LogP contribution in [0.1, 0.15) is 70.7 Å². The van der Waals surface area contributed by atoms with Crippen molar-refractivity contribution in [3.05, 3.63) is 23.8 Å². The Morgan fingerprint density at radius 2 is 1.78 bits per heavy atom. The van der Waals surface area contributed by atoms with Gasteiger partial charge in [-0.15, -0.1) is 12.4 Å². The fourth-order valence-corrected chi connectivity index (χ4v) is 4.75. The van der Waals surface area contributed by atoms with Gasteiger partial charge in [-0.25, -0.2) is 0 Å². The third kappa shape index (κ3) is 8.82. The number of carbonyl (C=O) groups is 2. The van der Waals surface area contributed by atoms with Crippen molar-refractivity contribution in [3.8, 4) is 11.5 Å². The van der Waals surface area contributed by atoms with Crippen LogP contribution >= 0.6 is 12.4 Å². The van der Waals surface area contributed by atoms with E-state index in [2.05, 4.69) is 5.32 Å². The molecule has 0 aromatic heterocycles. The maximum Gasteiger partial charge on any atom is 0.254 e. The maximum atomic E-state index is 13.6. The van der Waals surface area contributed by atoms with Crippen molar-refractivity contribution in [1.29, 1.82) is 0 Å². The second-order valence-corrected chi connectivity index (χ2v) is 9.68. The summed E-state index contributed by atoms with van der Waals surface area (Å²) in [4.78, 5) is 30.2. The Bertz CT molecular complexity index is 813. The van der Waals surface area contributed by atoms with Gasteiger partial charge in [0.2, 0.25) is 5.91 Å². The number of benzene rings is 1. The number of carbonyl (C=O) groups excluding carboxylic acids is 2. The van der Waals surface area contributed by atoms with Crippen LogP contribution in [0.4, 0.5) is 0 Å². The summed E-state index contributed by atoms with van der Waals surface area (Å²) in [5, 5.41) is 3.53. The summed E-state index contributed by atoms with van der Waals surface area (Å²) in [6, 6.07) is 5.80. The molecule has 9 heteroatoms. The van der Waals surface area contributed by atoms with Crippen LogP contribution in [0, 0.1) is 0 Å². The summed E-state index contributed by atoms with van der Waals surface area (Å²) >= 11 is 0. The average molecular weight is 528 g/mol. The van der Waals surface area contributed by atoms with Gasteiger partial charge in [-0.3, -0.25) is 9.59 Å². The van der Waals surface area contributed by atoms with Crippen LogP contribution in [-0.2, 0) is 9.53 Å². The first-order chi connectivity index (χ1) is 16.7. The van der Waals surface area contributed by atoms with Crippen molar-refractivity contribution in [2.45, 2.75) is 84.5 Å². The van der Waals surface area contributed by atoms with E-state index in [1.807, 2.05) is 44.4 Å². The summed E-state index contributed by atoms with van der Waals surface area (Å²) in [6.07, 6.45) is 2.97. The molecule has 1 aliphatic heterocycles. The molecule has 1 aromatic carbocycles. The highest BCUT2D eigenvalue weighted by Crippen LogP contribution is 2.30. The van der Waals surface area contributed by atoms with Gasteiger partial charge in [-0.2, -0.15) is 0 Å². The predicted molar refractivity (Wildman–Crippen MR) is 145 cm³/mol. The van der Waals surface area contributed by atoms with E-state index in [0.717, 1.165) is 25.8 Å². The number of nitrogens with one attached hydrogen (secondary N) is 1. The first-order valence-electron chi connectivity index (χ1n) is 12.9. The lowest BCUT2D eigenvalue weighted by molar-refractivity contribution is -0.133.